The average molecular weight is 286 g/mol. The highest BCUT2D eigenvalue weighted by Crippen LogP contribution is 2.33. The maximum atomic E-state index is 11.8. The number of aromatic amines is 1. The van der Waals surface area contributed by atoms with E-state index in [-0.39, 0.29) is 11.5 Å². The number of ether oxygens (including phenoxy) is 2. The zero-order valence-corrected chi connectivity index (χ0v) is 12.2. The summed E-state index contributed by atoms with van der Waals surface area (Å²) in [4.78, 5) is 19.1. The van der Waals surface area contributed by atoms with Crippen molar-refractivity contribution in [2.45, 2.75) is 26.2 Å². The lowest BCUT2D eigenvalue weighted by molar-refractivity contribution is 0.297. The lowest BCUT2D eigenvalue weighted by atomic mass is 10.1. The maximum Gasteiger partial charge on any atom is 0.251 e. The Kier molecular flexibility index (Phi) is 3.64. The molecule has 2 heterocycles. The van der Waals surface area contributed by atoms with Gasteiger partial charge in [-0.25, -0.2) is 4.98 Å². The molecule has 1 aliphatic heterocycles. The van der Waals surface area contributed by atoms with Gasteiger partial charge in [-0.1, -0.05) is 13.8 Å². The van der Waals surface area contributed by atoms with E-state index in [1.807, 2.05) is 32.0 Å². The van der Waals surface area contributed by atoms with E-state index >= 15 is 0 Å². The van der Waals surface area contributed by atoms with Gasteiger partial charge in [0.05, 0.1) is 18.9 Å². The van der Waals surface area contributed by atoms with E-state index in [1.54, 1.807) is 0 Å². The molecule has 1 N–H and O–H groups in total. The molecule has 0 radical (unpaired) electrons. The van der Waals surface area contributed by atoms with Crippen LogP contribution in [0, 0.1) is 0 Å². The molecule has 0 fully saturated rings. The van der Waals surface area contributed by atoms with Gasteiger partial charge in [0.15, 0.2) is 11.5 Å². The molecule has 0 aliphatic carbocycles. The second kappa shape index (κ2) is 5.60. The number of nitrogens with one attached hydrogen (secondary N) is 1. The Labute approximate surface area is 123 Å². The molecule has 0 amide bonds. The van der Waals surface area contributed by atoms with Gasteiger partial charge < -0.3 is 14.5 Å². The van der Waals surface area contributed by atoms with E-state index in [4.69, 9.17) is 9.47 Å². The minimum Gasteiger partial charge on any atom is -0.490 e. The number of benzene rings is 1. The number of H-pyrrole nitrogens is 1. The van der Waals surface area contributed by atoms with Crippen molar-refractivity contribution < 1.29 is 9.47 Å². The molecule has 0 saturated carbocycles. The van der Waals surface area contributed by atoms with Gasteiger partial charge in [-0.2, -0.15) is 0 Å². The predicted octanol–water partition coefficient (Wildman–Crippen LogP) is 2.72. The van der Waals surface area contributed by atoms with Crippen LogP contribution in [0.15, 0.2) is 29.1 Å². The van der Waals surface area contributed by atoms with E-state index in [0.29, 0.717) is 24.8 Å². The summed E-state index contributed by atoms with van der Waals surface area (Å²) < 4.78 is 11.3. The van der Waals surface area contributed by atoms with Crippen LogP contribution in [0.4, 0.5) is 0 Å². The van der Waals surface area contributed by atoms with Gasteiger partial charge >= 0.3 is 0 Å². The molecule has 110 valence electrons. The van der Waals surface area contributed by atoms with Gasteiger partial charge in [-0.15, -0.1) is 0 Å². The molecule has 1 aliphatic rings. The Morgan fingerprint density at radius 3 is 2.67 bits per heavy atom. The fourth-order valence-corrected chi connectivity index (χ4v) is 2.22. The summed E-state index contributed by atoms with van der Waals surface area (Å²) in [6, 6.07) is 7.15. The lowest BCUT2D eigenvalue weighted by Gasteiger charge is -2.10. The number of nitrogens with zero attached hydrogens (tertiary/aromatic N) is 1. The summed E-state index contributed by atoms with van der Waals surface area (Å²) in [5.41, 5.74) is 1.45. The molecular weight excluding hydrogens is 268 g/mol. The molecule has 2 aromatic rings. The van der Waals surface area contributed by atoms with Gasteiger partial charge in [0, 0.05) is 18.1 Å². The monoisotopic (exact) mass is 286 g/mol. The molecule has 1 aromatic carbocycles. The molecule has 1 aromatic heterocycles. The quantitative estimate of drug-likeness (QED) is 0.922. The van der Waals surface area contributed by atoms with E-state index in [1.165, 1.54) is 6.07 Å². The van der Waals surface area contributed by atoms with E-state index < -0.39 is 0 Å². The first-order valence-electron chi connectivity index (χ1n) is 7.15. The fraction of sp³-hybridized carbons (Fsp3) is 0.375. The molecule has 0 saturated heterocycles. The van der Waals surface area contributed by atoms with Crippen LogP contribution in [-0.4, -0.2) is 23.2 Å². The molecule has 0 atom stereocenters. The summed E-state index contributed by atoms with van der Waals surface area (Å²) in [5, 5.41) is 0. The molecule has 21 heavy (non-hydrogen) atoms. The van der Waals surface area contributed by atoms with Crippen LogP contribution in [0.1, 0.15) is 31.9 Å². The van der Waals surface area contributed by atoms with Crippen molar-refractivity contribution >= 4 is 0 Å². The average Bonchev–Trinajstić information content (AvgIpc) is 2.70. The largest absolute Gasteiger partial charge is 0.490 e. The van der Waals surface area contributed by atoms with Crippen molar-refractivity contribution in [3.63, 3.8) is 0 Å². The molecule has 0 unspecified atom stereocenters. The maximum absolute atomic E-state index is 11.8. The first-order chi connectivity index (χ1) is 10.1. The molecule has 5 nitrogen and oxygen atoms in total. The minimum absolute atomic E-state index is 0.143. The van der Waals surface area contributed by atoms with Gasteiger partial charge in [-0.3, -0.25) is 4.79 Å². The summed E-state index contributed by atoms with van der Waals surface area (Å²) in [7, 11) is 0. The van der Waals surface area contributed by atoms with Gasteiger partial charge in [0.2, 0.25) is 0 Å². The zero-order valence-electron chi connectivity index (χ0n) is 12.2. The Balaban J connectivity index is 2.04. The third-order valence-corrected chi connectivity index (χ3v) is 3.37. The second-order valence-electron chi connectivity index (χ2n) is 5.39. The van der Waals surface area contributed by atoms with Crippen molar-refractivity contribution in [1.82, 2.24) is 9.97 Å². The summed E-state index contributed by atoms with van der Waals surface area (Å²) in [5.74, 6) is 2.19. The number of hydrogen-bond donors (Lipinski definition) is 1. The fourth-order valence-electron chi connectivity index (χ4n) is 2.22. The van der Waals surface area contributed by atoms with Crippen LogP contribution in [0.5, 0.6) is 11.5 Å². The van der Waals surface area contributed by atoms with Crippen molar-refractivity contribution in [3.8, 4) is 22.9 Å². The Bertz CT molecular complexity index is 707. The zero-order chi connectivity index (χ0) is 14.8. The van der Waals surface area contributed by atoms with Gasteiger partial charge in [0.1, 0.15) is 5.82 Å². The number of aromatic nitrogens is 2. The molecule has 0 spiro atoms. The number of fused-ring (bicyclic) bond motifs is 1. The van der Waals surface area contributed by atoms with Crippen LogP contribution >= 0.6 is 0 Å². The van der Waals surface area contributed by atoms with Gasteiger partial charge in [-0.05, 0) is 24.1 Å². The highest BCUT2D eigenvalue weighted by atomic mass is 16.5. The van der Waals surface area contributed by atoms with E-state index in [9.17, 15) is 4.79 Å². The predicted molar refractivity (Wildman–Crippen MR) is 80.0 cm³/mol. The molecule has 3 rings (SSSR count). The summed E-state index contributed by atoms with van der Waals surface area (Å²) in [6.45, 7) is 5.32. The normalized spacial score (nSPS) is 14.0. The third kappa shape index (κ3) is 2.91. The van der Waals surface area contributed by atoms with Crippen LogP contribution < -0.4 is 15.0 Å². The van der Waals surface area contributed by atoms with Gasteiger partial charge in [0.25, 0.3) is 5.56 Å². The third-order valence-electron chi connectivity index (χ3n) is 3.37. The first kappa shape index (κ1) is 13.7. The Morgan fingerprint density at radius 1 is 1.14 bits per heavy atom. The Hall–Kier alpha value is -2.30. The van der Waals surface area contributed by atoms with E-state index in [2.05, 4.69) is 9.97 Å². The standard InChI is InChI=1S/C16H18N2O3/c1-10(2)12-9-15(19)18-16(17-12)11-4-5-13-14(8-11)21-7-3-6-20-13/h4-5,8-10H,3,6-7H2,1-2H3,(H,17,18,19). The highest BCUT2D eigenvalue weighted by molar-refractivity contribution is 5.61. The van der Waals surface area contributed by atoms with Crippen molar-refractivity contribution in [1.29, 1.82) is 0 Å². The van der Waals surface area contributed by atoms with Crippen molar-refractivity contribution in [2.75, 3.05) is 13.2 Å². The minimum atomic E-state index is -0.143. The van der Waals surface area contributed by atoms with Crippen molar-refractivity contribution in [2.24, 2.45) is 0 Å². The smallest absolute Gasteiger partial charge is 0.251 e. The lowest BCUT2D eigenvalue weighted by Crippen LogP contribution is -2.11. The van der Waals surface area contributed by atoms with Crippen LogP contribution in [0.25, 0.3) is 11.4 Å². The molecule has 5 heteroatoms. The first-order valence-corrected chi connectivity index (χ1v) is 7.15. The number of hydrogen-bond acceptors (Lipinski definition) is 4. The van der Waals surface area contributed by atoms with E-state index in [0.717, 1.165) is 23.4 Å². The topological polar surface area (TPSA) is 64.2 Å². The van der Waals surface area contributed by atoms with Crippen LogP contribution in [0.3, 0.4) is 0 Å². The number of rotatable bonds is 2. The second-order valence-corrected chi connectivity index (χ2v) is 5.39. The van der Waals surface area contributed by atoms with Crippen molar-refractivity contribution in [3.05, 3.63) is 40.3 Å². The Morgan fingerprint density at radius 2 is 1.90 bits per heavy atom. The summed E-state index contributed by atoms with van der Waals surface area (Å²) >= 11 is 0. The summed E-state index contributed by atoms with van der Waals surface area (Å²) in [6.07, 6.45) is 0.863. The van der Waals surface area contributed by atoms with Crippen LogP contribution in [-0.2, 0) is 0 Å². The van der Waals surface area contributed by atoms with Crippen LogP contribution in [0.2, 0.25) is 0 Å². The molecule has 0 bridgehead atoms. The SMILES string of the molecule is CC(C)c1cc(=O)[nH]c(-c2ccc3c(c2)OCCCO3)n1. The highest BCUT2D eigenvalue weighted by Gasteiger charge is 2.13. The molecular formula is C16H18N2O3.